The van der Waals surface area contributed by atoms with Gasteiger partial charge in [-0.2, -0.15) is 0 Å². The zero-order chi connectivity index (χ0) is 22.5. The predicted molar refractivity (Wildman–Crippen MR) is 121 cm³/mol. The van der Waals surface area contributed by atoms with Crippen molar-refractivity contribution in [1.29, 1.82) is 0 Å². The molecule has 5 heteroatoms. The van der Waals surface area contributed by atoms with Crippen molar-refractivity contribution in [3.63, 3.8) is 0 Å². The lowest BCUT2D eigenvalue weighted by Gasteiger charge is -2.34. The highest BCUT2D eigenvalue weighted by atomic mass is 16.5. The van der Waals surface area contributed by atoms with Gasteiger partial charge in [0.05, 0.1) is 26.4 Å². The summed E-state index contributed by atoms with van der Waals surface area (Å²) in [6.45, 7) is 0.0196. The SMILES string of the molecule is COC(=O)C1=Cc2ccccc2C(c2ccccc2OC)[C@H]1COC(=O)c1ccccc1. The lowest BCUT2D eigenvalue weighted by atomic mass is 9.71. The fourth-order valence-corrected chi connectivity index (χ4v) is 4.24. The predicted octanol–water partition coefficient (Wildman–Crippen LogP) is 4.87. The first-order valence-corrected chi connectivity index (χ1v) is 10.4. The molecule has 0 saturated heterocycles. The summed E-state index contributed by atoms with van der Waals surface area (Å²) in [4.78, 5) is 25.4. The summed E-state index contributed by atoms with van der Waals surface area (Å²) in [5.74, 6) is -0.878. The van der Waals surface area contributed by atoms with Crippen LogP contribution in [0, 0.1) is 5.92 Å². The highest BCUT2D eigenvalue weighted by molar-refractivity contribution is 5.96. The fourth-order valence-electron chi connectivity index (χ4n) is 4.24. The van der Waals surface area contributed by atoms with Crippen LogP contribution in [-0.4, -0.2) is 32.8 Å². The summed E-state index contributed by atoms with van der Waals surface area (Å²) in [6.07, 6.45) is 1.83. The van der Waals surface area contributed by atoms with E-state index in [1.807, 2.05) is 60.7 Å². The molecule has 162 valence electrons. The molecule has 5 nitrogen and oxygen atoms in total. The highest BCUT2D eigenvalue weighted by Gasteiger charge is 2.38. The summed E-state index contributed by atoms with van der Waals surface area (Å²) < 4.78 is 16.4. The first-order valence-electron chi connectivity index (χ1n) is 10.4. The molecule has 0 spiro atoms. The molecule has 3 aromatic rings. The number of carbonyl (C=O) groups excluding carboxylic acids is 2. The molecule has 0 fully saturated rings. The van der Waals surface area contributed by atoms with Gasteiger partial charge >= 0.3 is 11.9 Å². The Morgan fingerprint density at radius 2 is 1.44 bits per heavy atom. The van der Waals surface area contributed by atoms with Crippen LogP contribution in [0.25, 0.3) is 6.08 Å². The van der Waals surface area contributed by atoms with Crippen molar-refractivity contribution in [1.82, 2.24) is 0 Å². The molecule has 0 heterocycles. The minimum atomic E-state index is -0.444. The quantitative estimate of drug-likeness (QED) is 0.524. The van der Waals surface area contributed by atoms with Gasteiger partial charge in [-0.25, -0.2) is 9.59 Å². The van der Waals surface area contributed by atoms with E-state index in [-0.39, 0.29) is 12.5 Å². The maximum absolute atomic E-state index is 12.8. The van der Waals surface area contributed by atoms with Gasteiger partial charge in [0, 0.05) is 23.0 Å². The number of esters is 2. The number of hydrogen-bond acceptors (Lipinski definition) is 5. The van der Waals surface area contributed by atoms with Crippen molar-refractivity contribution in [3.8, 4) is 5.75 Å². The molecule has 4 rings (SSSR count). The lowest BCUT2D eigenvalue weighted by molar-refractivity contribution is -0.137. The van der Waals surface area contributed by atoms with E-state index < -0.39 is 17.9 Å². The Hall–Kier alpha value is -3.86. The van der Waals surface area contributed by atoms with Crippen molar-refractivity contribution in [3.05, 3.63) is 107 Å². The molecule has 0 N–H and O–H groups in total. The third kappa shape index (κ3) is 4.14. The summed E-state index contributed by atoms with van der Waals surface area (Å²) >= 11 is 0. The van der Waals surface area contributed by atoms with Gasteiger partial charge in [0.1, 0.15) is 5.75 Å². The topological polar surface area (TPSA) is 61.8 Å². The van der Waals surface area contributed by atoms with E-state index in [9.17, 15) is 9.59 Å². The van der Waals surface area contributed by atoms with Crippen LogP contribution in [0.3, 0.4) is 0 Å². The van der Waals surface area contributed by atoms with Gasteiger partial charge in [-0.1, -0.05) is 60.7 Å². The van der Waals surface area contributed by atoms with Crippen LogP contribution in [0.15, 0.2) is 84.4 Å². The number of benzene rings is 3. The summed E-state index contributed by atoms with van der Waals surface area (Å²) in [7, 11) is 2.98. The molecular formula is C27H24O5. The van der Waals surface area contributed by atoms with Crippen LogP contribution in [0.1, 0.15) is 33.0 Å². The van der Waals surface area contributed by atoms with Crippen LogP contribution in [0.4, 0.5) is 0 Å². The second-order valence-corrected chi connectivity index (χ2v) is 7.51. The van der Waals surface area contributed by atoms with Gasteiger partial charge in [-0.05, 0) is 35.4 Å². The molecule has 0 aliphatic heterocycles. The zero-order valence-electron chi connectivity index (χ0n) is 18.0. The average molecular weight is 428 g/mol. The maximum Gasteiger partial charge on any atom is 0.338 e. The largest absolute Gasteiger partial charge is 0.496 e. The Labute approximate surface area is 187 Å². The Morgan fingerprint density at radius 3 is 2.16 bits per heavy atom. The third-order valence-electron chi connectivity index (χ3n) is 5.74. The van der Waals surface area contributed by atoms with E-state index >= 15 is 0 Å². The number of methoxy groups -OCH3 is 2. The van der Waals surface area contributed by atoms with Crippen molar-refractivity contribution in [2.75, 3.05) is 20.8 Å². The van der Waals surface area contributed by atoms with Crippen LogP contribution in [0.5, 0.6) is 5.75 Å². The Balaban J connectivity index is 1.78. The molecular weight excluding hydrogens is 404 g/mol. The maximum atomic E-state index is 12.8. The van der Waals surface area contributed by atoms with E-state index in [4.69, 9.17) is 14.2 Å². The van der Waals surface area contributed by atoms with E-state index in [0.717, 1.165) is 16.7 Å². The molecule has 3 aromatic carbocycles. The van der Waals surface area contributed by atoms with E-state index in [2.05, 4.69) is 0 Å². The molecule has 32 heavy (non-hydrogen) atoms. The minimum Gasteiger partial charge on any atom is -0.496 e. The van der Waals surface area contributed by atoms with Gasteiger partial charge in [0.2, 0.25) is 0 Å². The standard InChI is InChI=1S/C27H24O5/c1-30-24-15-9-8-14-21(24)25-20-13-7-6-12-19(20)16-22(27(29)31-2)23(25)17-32-26(28)18-10-4-3-5-11-18/h3-16,23,25H,17H2,1-2H3/t23-,25?/m0/s1. The molecule has 1 unspecified atom stereocenters. The first kappa shape index (κ1) is 21.4. The molecule has 2 atom stereocenters. The average Bonchev–Trinajstić information content (AvgIpc) is 2.86. The molecule has 0 bridgehead atoms. The van der Waals surface area contributed by atoms with E-state index in [1.54, 1.807) is 31.4 Å². The van der Waals surface area contributed by atoms with Gasteiger partial charge in [-0.15, -0.1) is 0 Å². The van der Waals surface area contributed by atoms with Crippen LogP contribution < -0.4 is 4.74 Å². The van der Waals surface area contributed by atoms with Crippen molar-refractivity contribution >= 4 is 18.0 Å². The smallest absolute Gasteiger partial charge is 0.338 e. The zero-order valence-corrected chi connectivity index (χ0v) is 18.0. The molecule has 1 aliphatic rings. The Bertz CT molecular complexity index is 1150. The number of fused-ring (bicyclic) bond motifs is 1. The van der Waals surface area contributed by atoms with Crippen LogP contribution in [-0.2, 0) is 14.3 Å². The van der Waals surface area contributed by atoms with Crippen LogP contribution in [0.2, 0.25) is 0 Å². The van der Waals surface area contributed by atoms with Crippen molar-refractivity contribution in [2.24, 2.45) is 5.92 Å². The molecule has 0 saturated carbocycles. The number of hydrogen-bond donors (Lipinski definition) is 0. The normalized spacial score (nSPS) is 17.0. The first-order chi connectivity index (χ1) is 15.6. The fraction of sp³-hybridized carbons (Fsp3) is 0.185. The summed E-state index contributed by atoms with van der Waals surface area (Å²) in [5, 5.41) is 0. The van der Waals surface area contributed by atoms with Gasteiger partial charge < -0.3 is 14.2 Å². The van der Waals surface area contributed by atoms with Crippen molar-refractivity contribution < 1.29 is 23.8 Å². The highest BCUT2D eigenvalue weighted by Crippen LogP contribution is 2.45. The Morgan fingerprint density at radius 1 is 0.781 bits per heavy atom. The third-order valence-corrected chi connectivity index (χ3v) is 5.74. The van der Waals surface area contributed by atoms with Gasteiger partial charge in [0.25, 0.3) is 0 Å². The lowest BCUT2D eigenvalue weighted by Crippen LogP contribution is -2.30. The number of rotatable bonds is 6. The van der Waals surface area contributed by atoms with Crippen LogP contribution >= 0.6 is 0 Å². The minimum absolute atomic E-state index is 0.0196. The second kappa shape index (κ2) is 9.52. The number of para-hydroxylation sites is 1. The Kier molecular flexibility index (Phi) is 6.36. The molecule has 0 amide bonds. The van der Waals surface area contributed by atoms with Gasteiger partial charge in [0.15, 0.2) is 0 Å². The summed E-state index contributed by atoms with van der Waals surface area (Å²) in [6, 6.07) is 24.4. The van der Waals surface area contributed by atoms with E-state index in [0.29, 0.717) is 16.9 Å². The monoisotopic (exact) mass is 428 g/mol. The van der Waals surface area contributed by atoms with Gasteiger partial charge in [-0.3, -0.25) is 0 Å². The summed E-state index contributed by atoms with van der Waals surface area (Å²) in [5.41, 5.74) is 3.79. The second-order valence-electron chi connectivity index (χ2n) is 7.51. The molecule has 0 aromatic heterocycles. The van der Waals surface area contributed by atoms with E-state index in [1.165, 1.54) is 7.11 Å². The van der Waals surface area contributed by atoms with Crippen molar-refractivity contribution in [2.45, 2.75) is 5.92 Å². The molecule has 1 aliphatic carbocycles. The number of ether oxygens (including phenoxy) is 3. The molecule has 0 radical (unpaired) electrons. The number of carbonyl (C=O) groups is 2.